The number of H-pyrrole nitrogens is 1. The first kappa shape index (κ1) is 18.6. The van der Waals surface area contributed by atoms with Gasteiger partial charge in [0.1, 0.15) is 0 Å². The van der Waals surface area contributed by atoms with E-state index in [9.17, 15) is 0 Å². The van der Waals surface area contributed by atoms with E-state index in [0.717, 1.165) is 40.9 Å². The molecule has 0 amide bonds. The van der Waals surface area contributed by atoms with Gasteiger partial charge in [-0.15, -0.1) is 0 Å². The molecule has 152 valence electrons. The number of morpholine rings is 1. The van der Waals surface area contributed by atoms with Crippen LogP contribution >= 0.6 is 0 Å². The van der Waals surface area contributed by atoms with Crippen LogP contribution in [0.4, 0.5) is 17.3 Å². The van der Waals surface area contributed by atoms with E-state index in [-0.39, 0.29) is 12.2 Å². The summed E-state index contributed by atoms with van der Waals surface area (Å²) in [6.07, 6.45) is 4.27. The summed E-state index contributed by atoms with van der Waals surface area (Å²) in [6, 6.07) is 18.6. The van der Waals surface area contributed by atoms with Crippen molar-refractivity contribution in [1.82, 2.24) is 15.0 Å². The Bertz CT molecular complexity index is 1140. The first-order valence-electron chi connectivity index (χ1n) is 10.3. The third kappa shape index (κ3) is 3.74. The number of ether oxygens (including phenoxy) is 1. The molecular weight excluding hydrogens is 374 g/mol. The molecule has 0 aliphatic carbocycles. The Kier molecular flexibility index (Phi) is 4.85. The highest BCUT2D eigenvalue weighted by Gasteiger charge is 2.22. The van der Waals surface area contributed by atoms with Gasteiger partial charge in [0, 0.05) is 53.3 Å². The van der Waals surface area contributed by atoms with E-state index in [4.69, 9.17) is 9.72 Å². The molecule has 6 nitrogen and oxygen atoms in total. The van der Waals surface area contributed by atoms with Crippen molar-refractivity contribution >= 4 is 28.2 Å². The maximum Gasteiger partial charge on any atom is 0.227 e. The second kappa shape index (κ2) is 7.80. The summed E-state index contributed by atoms with van der Waals surface area (Å²) in [7, 11) is 0. The Labute approximate surface area is 175 Å². The van der Waals surface area contributed by atoms with Gasteiger partial charge in [0.05, 0.1) is 17.9 Å². The number of fused-ring (bicyclic) bond motifs is 1. The van der Waals surface area contributed by atoms with Gasteiger partial charge < -0.3 is 19.9 Å². The van der Waals surface area contributed by atoms with Crippen molar-refractivity contribution in [2.75, 3.05) is 23.3 Å². The van der Waals surface area contributed by atoms with Crippen molar-refractivity contribution in [2.24, 2.45) is 0 Å². The van der Waals surface area contributed by atoms with Crippen LogP contribution in [0, 0.1) is 0 Å². The van der Waals surface area contributed by atoms with Crippen LogP contribution in [0.25, 0.3) is 22.2 Å². The highest BCUT2D eigenvalue weighted by molar-refractivity contribution is 5.94. The number of para-hydroxylation sites is 1. The number of nitrogens with zero attached hydrogens (tertiary/aromatic N) is 3. The average Bonchev–Trinajstić information content (AvgIpc) is 3.18. The minimum atomic E-state index is 0.243. The maximum atomic E-state index is 5.84. The first-order valence-corrected chi connectivity index (χ1v) is 10.3. The van der Waals surface area contributed by atoms with Crippen molar-refractivity contribution in [1.29, 1.82) is 0 Å². The second-order valence-corrected chi connectivity index (χ2v) is 7.85. The van der Waals surface area contributed by atoms with Crippen LogP contribution in [0.1, 0.15) is 13.8 Å². The Morgan fingerprint density at radius 3 is 2.57 bits per heavy atom. The van der Waals surface area contributed by atoms with Gasteiger partial charge in [-0.1, -0.05) is 18.2 Å². The van der Waals surface area contributed by atoms with Crippen LogP contribution in [0.2, 0.25) is 0 Å². The lowest BCUT2D eigenvalue weighted by Gasteiger charge is -2.36. The number of benzene rings is 2. The van der Waals surface area contributed by atoms with Crippen molar-refractivity contribution in [3.8, 4) is 11.3 Å². The Morgan fingerprint density at radius 2 is 1.77 bits per heavy atom. The lowest BCUT2D eigenvalue weighted by atomic mass is 10.1. The Morgan fingerprint density at radius 1 is 1.00 bits per heavy atom. The number of nitrogens with one attached hydrogen (secondary N) is 2. The molecule has 2 N–H and O–H groups in total. The van der Waals surface area contributed by atoms with E-state index in [1.807, 2.05) is 24.4 Å². The summed E-state index contributed by atoms with van der Waals surface area (Å²) < 4.78 is 5.84. The molecule has 0 unspecified atom stereocenters. The Hall–Kier alpha value is -3.38. The predicted molar refractivity (Wildman–Crippen MR) is 121 cm³/mol. The molecule has 6 heteroatoms. The highest BCUT2D eigenvalue weighted by atomic mass is 16.5. The van der Waals surface area contributed by atoms with Gasteiger partial charge >= 0.3 is 0 Å². The summed E-state index contributed by atoms with van der Waals surface area (Å²) in [5.41, 5.74) is 5.22. The molecule has 30 heavy (non-hydrogen) atoms. The van der Waals surface area contributed by atoms with Gasteiger partial charge in [-0.2, -0.15) is 0 Å². The number of anilines is 3. The van der Waals surface area contributed by atoms with Crippen LogP contribution in [0.5, 0.6) is 0 Å². The summed E-state index contributed by atoms with van der Waals surface area (Å²) >= 11 is 0. The lowest BCUT2D eigenvalue weighted by molar-refractivity contribution is -0.00521. The summed E-state index contributed by atoms with van der Waals surface area (Å²) in [6.45, 7) is 6.06. The number of aromatic nitrogens is 3. The van der Waals surface area contributed by atoms with E-state index in [0.29, 0.717) is 5.95 Å². The summed E-state index contributed by atoms with van der Waals surface area (Å²) in [5, 5.41) is 4.48. The highest BCUT2D eigenvalue weighted by Crippen LogP contribution is 2.28. The molecule has 1 aliphatic rings. The molecule has 2 aromatic carbocycles. The molecular formula is C24H25N5O. The van der Waals surface area contributed by atoms with E-state index in [2.05, 4.69) is 70.4 Å². The summed E-state index contributed by atoms with van der Waals surface area (Å²) in [5.74, 6) is 0.583. The molecule has 2 aromatic heterocycles. The zero-order valence-corrected chi connectivity index (χ0v) is 17.2. The van der Waals surface area contributed by atoms with Gasteiger partial charge in [0.2, 0.25) is 5.95 Å². The molecule has 0 radical (unpaired) electrons. The number of aromatic amines is 1. The van der Waals surface area contributed by atoms with Gasteiger partial charge in [0.25, 0.3) is 0 Å². The van der Waals surface area contributed by atoms with Crippen molar-refractivity contribution in [3.63, 3.8) is 0 Å². The normalized spacial score (nSPS) is 19.2. The van der Waals surface area contributed by atoms with Crippen LogP contribution < -0.4 is 10.2 Å². The second-order valence-electron chi connectivity index (χ2n) is 7.85. The molecule has 2 atom stereocenters. The van der Waals surface area contributed by atoms with Crippen molar-refractivity contribution in [3.05, 3.63) is 67.0 Å². The largest absolute Gasteiger partial charge is 0.372 e. The zero-order chi connectivity index (χ0) is 20.5. The summed E-state index contributed by atoms with van der Waals surface area (Å²) in [4.78, 5) is 14.8. The number of hydrogen-bond donors (Lipinski definition) is 2. The van der Waals surface area contributed by atoms with Crippen molar-refractivity contribution in [2.45, 2.75) is 26.1 Å². The fourth-order valence-electron chi connectivity index (χ4n) is 4.13. The third-order valence-corrected chi connectivity index (χ3v) is 5.43. The van der Waals surface area contributed by atoms with E-state index < -0.39 is 0 Å². The molecule has 1 saturated heterocycles. The molecule has 1 fully saturated rings. The third-order valence-electron chi connectivity index (χ3n) is 5.43. The van der Waals surface area contributed by atoms with Crippen LogP contribution in [-0.4, -0.2) is 40.2 Å². The fraction of sp³-hybridized carbons (Fsp3) is 0.250. The number of rotatable bonds is 4. The molecule has 0 spiro atoms. The quantitative estimate of drug-likeness (QED) is 0.506. The molecule has 0 bridgehead atoms. The molecule has 1 aliphatic heterocycles. The molecule has 4 aromatic rings. The van der Waals surface area contributed by atoms with E-state index >= 15 is 0 Å². The van der Waals surface area contributed by atoms with Gasteiger partial charge in [-0.05, 0) is 50.2 Å². The number of hydrogen-bond acceptors (Lipinski definition) is 5. The maximum absolute atomic E-state index is 5.84. The first-order chi connectivity index (χ1) is 14.7. The Balaban J connectivity index is 1.34. The van der Waals surface area contributed by atoms with Crippen LogP contribution in [0.15, 0.2) is 67.0 Å². The monoisotopic (exact) mass is 399 g/mol. The smallest absolute Gasteiger partial charge is 0.227 e. The van der Waals surface area contributed by atoms with Gasteiger partial charge in [-0.3, -0.25) is 0 Å². The zero-order valence-electron chi connectivity index (χ0n) is 17.2. The topological polar surface area (TPSA) is 66.1 Å². The van der Waals surface area contributed by atoms with E-state index in [1.165, 1.54) is 5.69 Å². The SMILES string of the molecule is C[C@@H]1CN(c2ccc(Nc3nccc(-c4c[nH]c5ccccc45)n3)cc2)C[C@H](C)O1. The van der Waals surface area contributed by atoms with Crippen LogP contribution in [-0.2, 0) is 4.74 Å². The fourth-order valence-corrected chi connectivity index (χ4v) is 4.13. The van der Waals surface area contributed by atoms with E-state index in [1.54, 1.807) is 6.20 Å². The standard InChI is InChI=1S/C24H25N5O/c1-16-14-29(15-17(2)30-16)19-9-7-18(8-10-19)27-24-25-12-11-23(28-24)21-13-26-22-6-4-3-5-20(21)22/h3-13,16-17,26H,14-15H2,1-2H3,(H,25,27,28)/t16-,17+. The molecule has 0 saturated carbocycles. The minimum absolute atomic E-state index is 0.243. The van der Waals surface area contributed by atoms with Crippen LogP contribution in [0.3, 0.4) is 0 Å². The molecule has 5 rings (SSSR count). The lowest BCUT2D eigenvalue weighted by Crippen LogP contribution is -2.45. The van der Waals surface area contributed by atoms with Gasteiger partial charge in [-0.25, -0.2) is 9.97 Å². The molecule has 3 heterocycles. The predicted octanol–water partition coefficient (Wildman–Crippen LogP) is 4.98. The minimum Gasteiger partial charge on any atom is -0.372 e. The average molecular weight is 399 g/mol. The van der Waals surface area contributed by atoms with Crippen molar-refractivity contribution < 1.29 is 4.74 Å². The van der Waals surface area contributed by atoms with Gasteiger partial charge in [0.15, 0.2) is 0 Å².